The fourth-order valence-electron chi connectivity index (χ4n) is 2.02. The Morgan fingerprint density at radius 2 is 1.65 bits per heavy atom. The van der Waals surface area contributed by atoms with Gasteiger partial charge >= 0.3 is 0 Å². The molecule has 1 aromatic heterocycles. The van der Waals surface area contributed by atoms with Gasteiger partial charge in [-0.1, -0.05) is 24.3 Å². The Hall–Kier alpha value is -1.45. The van der Waals surface area contributed by atoms with Crippen LogP contribution in [0.25, 0.3) is 22.2 Å². The molecule has 0 N–H and O–H groups in total. The van der Waals surface area contributed by atoms with Gasteiger partial charge in [0.25, 0.3) is 0 Å². The van der Waals surface area contributed by atoms with Gasteiger partial charge in [-0.2, -0.15) is 0 Å². The van der Waals surface area contributed by atoms with Crippen molar-refractivity contribution in [2.45, 2.75) is 6.92 Å². The van der Waals surface area contributed by atoms with E-state index in [0.717, 1.165) is 21.9 Å². The first-order valence-electron chi connectivity index (χ1n) is 5.97. The van der Waals surface area contributed by atoms with Gasteiger partial charge in [0.05, 0.1) is 0 Å². The SMILES string of the molecule is CC(=O)c1ccc2cc(-c3nc[c-]cn3)ccc2c1.[Y]. The van der Waals surface area contributed by atoms with E-state index >= 15 is 0 Å². The summed E-state index contributed by atoms with van der Waals surface area (Å²) in [5.41, 5.74) is 1.68. The van der Waals surface area contributed by atoms with E-state index < -0.39 is 0 Å². The second-order valence-corrected chi connectivity index (χ2v) is 4.34. The van der Waals surface area contributed by atoms with Crippen molar-refractivity contribution >= 4 is 16.6 Å². The zero-order valence-electron chi connectivity index (χ0n) is 11.0. The Kier molecular flexibility index (Phi) is 4.74. The maximum atomic E-state index is 11.4. The molecule has 3 rings (SSSR count). The van der Waals surface area contributed by atoms with E-state index in [1.165, 1.54) is 0 Å². The van der Waals surface area contributed by atoms with Gasteiger partial charge in [0.1, 0.15) is 0 Å². The van der Waals surface area contributed by atoms with Crippen LogP contribution in [0.4, 0.5) is 0 Å². The first kappa shape index (κ1) is 15.0. The average molecular weight is 336 g/mol. The topological polar surface area (TPSA) is 42.9 Å². The summed E-state index contributed by atoms with van der Waals surface area (Å²) < 4.78 is 0. The molecule has 3 nitrogen and oxygen atoms in total. The molecule has 3 aromatic rings. The molecule has 20 heavy (non-hydrogen) atoms. The van der Waals surface area contributed by atoms with Gasteiger partial charge in [-0.25, -0.2) is 0 Å². The molecule has 1 radical (unpaired) electrons. The fraction of sp³-hybridized carbons (Fsp3) is 0.0625. The molecular formula is C16H11N2OY-. The monoisotopic (exact) mass is 336 g/mol. The summed E-state index contributed by atoms with van der Waals surface area (Å²) in [6, 6.07) is 14.5. The summed E-state index contributed by atoms with van der Waals surface area (Å²) in [5.74, 6) is 0.754. The molecule has 4 heteroatoms. The molecule has 1 heterocycles. The van der Waals surface area contributed by atoms with Gasteiger partial charge in [0.2, 0.25) is 0 Å². The minimum absolute atomic E-state index is 0. The zero-order chi connectivity index (χ0) is 13.2. The van der Waals surface area contributed by atoms with Crippen molar-refractivity contribution in [2.75, 3.05) is 0 Å². The maximum absolute atomic E-state index is 11.4. The number of carbonyl (C=O) groups is 1. The minimum atomic E-state index is 0. The van der Waals surface area contributed by atoms with Crippen LogP contribution >= 0.6 is 0 Å². The number of benzene rings is 2. The Morgan fingerprint density at radius 1 is 1.00 bits per heavy atom. The zero-order valence-corrected chi connectivity index (χ0v) is 13.8. The van der Waals surface area contributed by atoms with E-state index in [1.807, 2.05) is 36.4 Å². The van der Waals surface area contributed by atoms with Crippen molar-refractivity contribution in [3.05, 3.63) is 60.4 Å². The average Bonchev–Trinajstić information content (AvgIpc) is 2.47. The number of ketones is 1. The molecule has 0 saturated heterocycles. The van der Waals surface area contributed by atoms with Crippen molar-refractivity contribution in [3.63, 3.8) is 0 Å². The van der Waals surface area contributed by atoms with Gasteiger partial charge in [0, 0.05) is 43.8 Å². The normalized spacial score (nSPS) is 10.1. The van der Waals surface area contributed by atoms with Crippen LogP contribution in [0.1, 0.15) is 17.3 Å². The molecule has 95 valence electrons. The second kappa shape index (κ2) is 6.34. The van der Waals surface area contributed by atoms with Crippen LogP contribution in [0.3, 0.4) is 0 Å². The summed E-state index contributed by atoms with van der Waals surface area (Å²) >= 11 is 0. The van der Waals surface area contributed by atoms with E-state index in [9.17, 15) is 4.79 Å². The van der Waals surface area contributed by atoms with Crippen LogP contribution in [-0.2, 0) is 32.7 Å². The molecule has 0 atom stereocenters. The van der Waals surface area contributed by atoms with E-state index in [0.29, 0.717) is 5.82 Å². The number of nitrogens with zero attached hydrogens (tertiary/aromatic N) is 2. The molecule has 0 bridgehead atoms. The van der Waals surface area contributed by atoms with E-state index in [4.69, 9.17) is 0 Å². The number of carbonyl (C=O) groups excluding carboxylic acids is 1. The van der Waals surface area contributed by atoms with Crippen molar-refractivity contribution in [3.8, 4) is 11.4 Å². The predicted octanol–water partition coefficient (Wildman–Crippen LogP) is 3.30. The fourth-order valence-corrected chi connectivity index (χ4v) is 2.02. The second-order valence-electron chi connectivity index (χ2n) is 4.34. The Morgan fingerprint density at radius 3 is 2.35 bits per heavy atom. The number of hydrogen-bond donors (Lipinski definition) is 0. The molecule has 0 spiro atoms. The largest absolute Gasteiger partial charge is 0.434 e. The maximum Gasteiger partial charge on any atom is 0.159 e. The molecule has 0 aliphatic rings. The van der Waals surface area contributed by atoms with Crippen LogP contribution in [0.2, 0.25) is 0 Å². The van der Waals surface area contributed by atoms with Gasteiger partial charge in [-0.3, -0.25) is 14.8 Å². The first-order chi connectivity index (χ1) is 9.24. The number of rotatable bonds is 2. The van der Waals surface area contributed by atoms with Gasteiger partial charge in [0.15, 0.2) is 11.6 Å². The van der Waals surface area contributed by atoms with Gasteiger partial charge < -0.3 is 6.07 Å². The first-order valence-corrected chi connectivity index (χ1v) is 5.97. The Bertz CT molecular complexity index is 757. The van der Waals surface area contributed by atoms with Gasteiger partial charge in [-0.05, 0) is 29.8 Å². The Labute approximate surface area is 142 Å². The summed E-state index contributed by atoms with van der Waals surface area (Å²) in [5, 5.41) is 2.11. The molecule has 0 aliphatic heterocycles. The van der Waals surface area contributed by atoms with Crippen molar-refractivity contribution in [2.24, 2.45) is 0 Å². The molecule has 0 aliphatic carbocycles. The van der Waals surface area contributed by atoms with Crippen LogP contribution in [0.5, 0.6) is 0 Å². The summed E-state index contributed by atoms with van der Waals surface area (Å²) in [7, 11) is 0. The van der Waals surface area contributed by atoms with Crippen molar-refractivity contribution in [1.29, 1.82) is 0 Å². The molecule has 0 unspecified atom stereocenters. The van der Waals surface area contributed by atoms with Gasteiger partial charge in [-0.15, -0.1) is 12.4 Å². The van der Waals surface area contributed by atoms with E-state index in [-0.39, 0.29) is 38.5 Å². The molecular weight excluding hydrogens is 325 g/mol. The smallest absolute Gasteiger partial charge is 0.159 e. The van der Waals surface area contributed by atoms with Crippen LogP contribution in [-0.4, -0.2) is 15.8 Å². The summed E-state index contributed by atoms with van der Waals surface area (Å²) in [6.45, 7) is 1.57. The van der Waals surface area contributed by atoms with Crippen molar-refractivity contribution in [1.82, 2.24) is 9.97 Å². The Balaban J connectivity index is 0.00000147. The standard InChI is InChI=1S/C16H11N2O.Y/c1-11(19)12-3-4-14-10-15(6-5-13(14)9-12)16-17-7-2-8-18-16;/h3-10H,1H3;/q-1;. The van der Waals surface area contributed by atoms with Crippen molar-refractivity contribution < 1.29 is 37.5 Å². The third-order valence-electron chi connectivity index (χ3n) is 3.03. The van der Waals surface area contributed by atoms with E-state index in [2.05, 4.69) is 16.0 Å². The number of hydrogen-bond acceptors (Lipinski definition) is 3. The third-order valence-corrected chi connectivity index (χ3v) is 3.03. The molecule has 2 aromatic carbocycles. The summed E-state index contributed by atoms with van der Waals surface area (Å²) in [4.78, 5) is 19.7. The molecule has 0 saturated carbocycles. The number of Topliss-reactive ketones (excluding diaryl/α,β-unsaturated/α-hetero) is 1. The van der Waals surface area contributed by atoms with Crippen LogP contribution < -0.4 is 0 Å². The molecule has 0 fully saturated rings. The van der Waals surface area contributed by atoms with Crippen LogP contribution in [0, 0.1) is 6.07 Å². The quantitative estimate of drug-likeness (QED) is 0.533. The third kappa shape index (κ3) is 3.00. The molecule has 0 amide bonds. The van der Waals surface area contributed by atoms with Crippen LogP contribution in [0.15, 0.2) is 48.8 Å². The summed E-state index contributed by atoms with van der Waals surface area (Å²) in [6.07, 6.45) is 3.21. The minimum Gasteiger partial charge on any atom is -0.434 e. The number of fused-ring (bicyclic) bond motifs is 1. The predicted molar refractivity (Wildman–Crippen MR) is 73.8 cm³/mol. The van der Waals surface area contributed by atoms with E-state index in [1.54, 1.807) is 19.3 Å². The number of aromatic nitrogens is 2.